The lowest BCUT2D eigenvalue weighted by Gasteiger charge is -2.27. The van der Waals surface area contributed by atoms with Crippen LogP contribution in [0.3, 0.4) is 0 Å². The fourth-order valence-corrected chi connectivity index (χ4v) is 11.6. The topological polar surface area (TPSA) is 79.1 Å². The highest BCUT2D eigenvalue weighted by molar-refractivity contribution is 5.95. The molecular formula is C78H65F11N6O3. The molecule has 0 radical (unpaired) electrons. The van der Waals surface area contributed by atoms with E-state index in [0.717, 1.165) is 80.5 Å². The van der Waals surface area contributed by atoms with Crippen LogP contribution in [-0.4, -0.2) is 31.1 Å². The lowest BCUT2D eigenvalue weighted by Crippen LogP contribution is -2.36. The molecule has 20 heteroatoms. The molecule has 8 aromatic carbocycles. The van der Waals surface area contributed by atoms with Gasteiger partial charge in [0.05, 0.1) is 58.5 Å². The van der Waals surface area contributed by atoms with Crippen LogP contribution in [-0.2, 0) is 68.8 Å². The number of rotatable bonds is 14. The van der Waals surface area contributed by atoms with Crippen LogP contribution in [0, 0.1) is 45.2 Å². The second-order valence-corrected chi connectivity index (χ2v) is 25.0. The molecule has 0 N–H and O–H groups in total. The van der Waals surface area contributed by atoms with E-state index in [4.69, 9.17) is 19.7 Å². The zero-order chi connectivity index (χ0) is 70.9. The Morgan fingerprint density at radius 1 is 0.408 bits per heavy atom. The van der Waals surface area contributed by atoms with Crippen LogP contribution in [0.2, 0.25) is 0 Å². The van der Waals surface area contributed by atoms with Gasteiger partial charge in [0.15, 0.2) is 34.4 Å². The van der Waals surface area contributed by atoms with Crippen molar-refractivity contribution in [2.75, 3.05) is 0 Å². The zero-order valence-electron chi connectivity index (χ0n) is 53.6. The van der Waals surface area contributed by atoms with Crippen LogP contribution in [0.4, 0.5) is 65.4 Å². The minimum absolute atomic E-state index is 0. The number of alkyl halides is 9. The monoisotopic (exact) mass is 1340 g/mol. The minimum Gasteiger partial charge on any atom is -0.335 e. The molecule has 502 valence electrons. The van der Waals surface area contributed by atoms with Crippen molar-refractivity contribution in [2.45, 2.75) is 117 Å². The van der Waals surface area contributed by atoms with E-state index in [0.29, 0.717) is 16.6 Å². The summed E-state index contributed by atoms with van der Waals surface area (Å²) < 4.78 is 153. The maximum absolute atomic E-state index is 14.9. The molecule has 0 fully saturated rings. The van der Waals surface area contributed by atoms with Gasteiger partial charge in [-0.15, -0.1) is 0 Å². The van der Waals surface area contributed by atoms with Gasteiger partial charge in [-0.25, -0.2) is 23.3 Å². The number of halogens is 11. The lowest BCUT2D eigenvalue weighted by molar-refractivity contribution is -0.137. The summed E-state index contributed by atoms with van der Waals surface area (Å²) >= 11 is 0. The molecule has 0 spiro atoms. The Morgan fingerprint density at radius 2 is 0.816 bits per heavy atom. The standard InChI is InChI=1S/C28H23F3N2O.C27H19F5N2O.C22H19F3N2O.CH4/c1-18-14-21-12-13-33(25(21)17-22(18)20-8-6-5-7-9-20)27(2,3)26(34)16-19-10-11-24(32-4)23(15-19)28(29,30)31;1-26(2,25(35)13-16-4-9-23(33-3)21(12-16)27(30,31)32)34-11-10-20-22(29)14-18(15-24(20)34)17-5-7-19(28)8-6-17;1-14-5-8-19-16(11-14)9-10-27(19)21(2,3)20(28)13-15-6-7-18(26-4)17(12-15)22(23,24)25;/h5-15,17H,16H2,1-3H3;4-12,14-15H,13H2,1-2H3;5-12H,13H2,1-3H3;1H4. The first-order valence-electron chi connectivity index (χ1n) is 30.1. The number of aryl methyl sites for hydroxylation is 2. The number of ketones is 3. The van der Waals surface area contributed by atoms with Crippen molar-refractivity contribution in [2.24, 2.45) is 0 Å². The predicted octanol–water partition coefficient (Wildman–Crippen LogP) is 22.1. The van der Waals surface area contributed by atoms with Crippen molar-refractivity contribution in [1.82, 2.24) is 13.7 Å². The normalized spacial score (nSPS) is 12.0. The zero-order valence-corrected chi connectivity index (χ0v) is 53.6. The van der Waals surface area contributed by atoms with Gasteiger partial charge in [-0.05, 0) is 177 Å². The van der Waals surface area contributed by atoms with Gasteiger partial charge in [-0.3, -0.25) is 14.4 Å². The van der Waals surface area contributed by atoms with Crippen molar-refractivity contribution >= 4 is 67.1 Å². The highest BCUT2D eigenvalue weighted by atomic mass is 19.4. The van der Waals surface area contributed by atoms with E-state index in [1.54, 1.807) is 58.4 Å². The molecule has 0 aliphatic rings. The average molecular weight is 1340 g/mol. The summed E-state index contributed by atoms with van der Waals surface area (Å²) in [5.74, 6) is -1.78. The maximum atomic E-state index is 14.9. The van der Waals surface area contributed by atoms with Gasteiger partial charge < -0.3 is 13.7 Å². The molecule has 9 nitrogen and oxygen atoms in total. The van der Waals surface area contributed by atoms with Gasteiger partial charge >= 0.3 is 18.5 Å². The number of benzene rings is 8. The summed E-state index contributed by atoms with van der Waals surface area (Å²) in [5.41, 5.74) is 0.457. The predicted molar refractivity (Wildman–Crippen MR) is 360 cm³/mol. The molecule has 0 saturated carbocycles. The number of Topliss-reactive ketones (excluding diaryl/α,β-unsaturated/α-hetero) is 3. The molecule has 3 heterocycles. The highest BCUT2D eigenvalue weighted by Gasteiger charge is 2.39. The summed E-state index contributed by atoms with van der Waals surface area (Å²) in [6.07, 6.45) is -9.42. The van der Waals surface area contributed by atoms with Gasteiger partial charge in [0.1, 0.15) is 11.6 Å². The van der Waals surface area contributed by atoms with Gasteiger partial charge in [0.2, 0.25) is 0 Å². The van der Waals surface area contributed by atoms with Gasteiger partial charge in [0.25, 0.3) is 0 Å². The second kappa shape index (κ2) is 28.0. The fraction of sp³-hybridized carbons (Fsp3) is 0.231. The van der Waals surface area contributed by atoms with Gasteiger partial charge in [-0.2, -0.15) is 39.5 Å². The third-order valence-corrected chi connectivity index (χ3v) is 17.3. The average Bonchev–Trinajstić information content (AvgIpc) is 1.58. The fourth-order valence-electron chi connectivity index (χ4n) is 11.6. The Labute approximate surface area is 559 Å². The Balaban J connectivity index is 0.000000188. The summed E-state index contributed by atoms with van der Waals surface area (Å²) in [7, 11) is 0. The van der Waals surface area contributed by atoms with Gasteiger partial charge in [0, 0.05) is 54.3 Å². The van der Waals surface area contributed by atoms with E-state index < -0.39 is 86.3 Å². The molecule has 98 heavy (non-hydrogen) atoms. The van der Waals surface area contributed by atoms with Crippen molar-refractivity contribution in [1.29, 1.82) is 0 Å². The quantitative estimate of drug-likeness (QED) is 0.0804. The number of hydrogen-bond donors (Lipinski definition) is 0. The van der Waals surface area contributed by atoms with E-state index in [1.165, 1.54) is 54.6 Å². The first-order chi connectivity index (χ1) is 45.5. The van der Waals surface area contributed by atoms with Crippen LogP contribution in [0.25, 0.3) is 69.5 Å². The number of hydrogen-bond acceptors (Lipinski definition) is 3. The highest BCUT2D eigenvalue weighted by Crippen LogP contribution is 2.42. The van der Waals surface area contributed by atoms with Crippen LogP contribution in [0.1, 0.15) is 93.5 Å². The van der Waals surface area contributed by atoms with Gasteiger partial charge in [-0.1, -0.05) is 116 Å². The van der Waals surface area contributed by atoms with E-state index in [-0.39, 0.29) is 60.3 Å². The van der Waals surface area contributed by atoms with E-state index >= 15 is 0 Å². The molecule has 0 aliphatic heterocycles. The van der Waals surface area contributed by atoms with Crippen LogP contribution >= 0.6 is 0 Å². The largest absolute Gasteiger partial charge is 0.407 e. The summed E-state index contributed by atoms with van der Waals surface area (Å²) in [6, 6.07) is 44.1. The van der Waals surface area contributed by atoms with Crippen LogP contribution in [0.5, 0.6) is 0 Å². The van der Waals surface area contributed by atoms with Crippen molar-refractivity contribution in [3.63, 3.8) is 0 Å². The first-order valence-corrected chi connectivity index (χ1v) is 30.1. The number of carbonyl (C=O) groups excluding carboxylic acids is 3. The number of nitrogens with zero attached hydrogens (tertiary/aromatic N) is 6. The minimum atomic E-state index is -4.72. The SMILES string of the molecule is C.[C-]#[N+]c1ccc(CC(=O)C(C)(C)n2ccc3c(F)cc(-c4ccc(F)cc4)cc32)cc1C(F)(F)F.[C-]#[N+]c1ccc(CC(=O)C(C)(C)n2ccc3cc(C)c(-c4ccccc4)cc32)cc1C(F)(F)F.[C-]#[N+]c1ccc(CC(=O)C(C)(C)n2ccc3cc(C)ccc32)cc1C(F)(F)F. The maximum Gasteiger partial charge on any atom is 0.407 e. The van der Waals surface area contributed by atoms with Crippen LogP contribution in [0.15, 0.2) is 188 Å². The summed E-state index contributed by atoms with van der Waals surface area (Å²) in [4.78, 5) is 48.4. The van der Waals surface area contributed by atoms with Crippen molar-refractivity contribution in [3.8, 4) is 22.3 Å². The second-order valence-electron chi connectivity index (χ2n) is 25.0. The van der Waals surface area contributed by atoms with E-state index in [9.17, 15) is 62.7 Å². The number of carbonyl (C=O) groups is 3. The molecule has 0 bridgehead atoms. The number of fused-ring (bicyclic) bond motifs is 3. The Kier molecular flexibility index (Phi) is 20.9. The van der Waals surface area contributed by atoms with Crippen molar-refractivity contribution < 1.29 is 62.7 Å². The summed E-state index contributed by atoms with van der Waals surface area (Å²) in [6.45, 7) is 35.2. The molecule has 0 amide bonds. The molecule has 0 saturated heterocycles. The third kappa shape index (κ3) is 15.3. The Bertz CT molecular complexity index is 4990. The Hall–Kier alpha value is -10.9. The van der Waals surface area contributed by atoms with E-state index in [1.807, 2.05) is 96.0 Å². The molecule has 11 rings (SSSR count). The summed E-state index contributed by atoms with van der Waals surface area (Å²) in [5, 5.41) is 2.26. The first kappa shape index (κ1) is 72.9. The number of aromatic nitrogens is 3. The molecule has 0 unspecified atom stereocenters. The Morgan fingerprint density at radius 3 is 1.24 bits per heavy atom. The molecule has 11 aromatic rings. The molecule has 0 aliphatic carbocycles. The van der Waals surface area contributed by atoms with Crippen LogP contribution < -0.4 is 0 Å². The smallest absolute Gasteiger partial charge is 0.335 e. The van der Waals surface area contributed by atoms with E-state index in [2.05, 4.69) is 26.7 Å². The third-order valence-electron chi connectivity index (χ3n) is 17.3. The molecule has 0 atom stereocenters. The molecule has 3 aromatic heterocycles. The van der Waals surface area contributed by atoms with Crippen molar-refractivity contribution in [3.05, 3.63) is 279 Å². The molecular weight excluding hydrogens is 1280 g/mol. The lowest BCUT2D eigenvalue weighted by atomic mass is 9.92.